The van der Waals surface area contributed by atoms with Crippen molar-refractivity contribution in [2.75, 3.05) is 30.8 Å². The molecule has 2 aromatic carbocycles. The van der Waals surface area contributed by atoms with Gasteiger partial charge >= 0.3 is 0 Å². The number of likely N-dealkylation sites (tertiary alicyclic amines) is 1. The molecule has 1 aromatic heterocycles. The highest BCUT2D eigenvalue weighted by Crippen LogP contribution is 2.23. The molecule has 1 saturated heterocycles. The van der Waals surface area contributed by atoms with Gasteiger partial charge in [-0.1, -0.05) is 0 Å². The van der Waals surface area contributed by atoms with Gasteiger partial charge in [0.2, 0.25) is 16.0 Å². The Morgan fingerprint density at radius 1 is 1.03 bits per heavy atom. The Kier molecular flexibility index (Phi) is 6.59. The van der Waals surface area contributed by atoms with Gasteiger partial charge in [0.15, 0.2) is 0 Å². The van der Waals surface area contributed by atoms with Gasteiger partial charge < -0.3 is 15.5 Å². The number of benzene rings is 2. The highest BCUT2D eigenvalue weighted by Gasteiger charge is 2.17. The summed E-state index contributed by atoms with van der Waals surface area (Å²) in [5.41, 5.74) is 2.62. The first-order valence-electron chi connectivity index (χ1n) is 10.9. The molecule has 0 saturated carbocycles. The molecule has 32 heavy (non-hydrogen) atoms. The molecule has 2 heterocycles. The molecule has 3 aromatic rings. The number of nitrogens with one attached hydrogen (secondary N) is 3. The third-order valence-corrected chi connectivity index (χ3v) is 7.16. The van der Waals surface area contributed by atoms with Gasteiger partial charge in [-0.05, 0) is 89.3 Å². The molecule has 4 rings (SSSR count). The molecule has 0 bridgehead atoms. The summed E-state index contributed by atoms with van der Waals surface area (Å²) in [4.78, 5) is 11.6. The van der Waals surface area contributed by atoms with Crippen LogP contribution in [-0.2, 0) is 10.0 Å². The summed E-state index contributed by atoms with van der Waals surface area (Å²) >= 11 is 0. The molecule has 170 valence electrons. The molecule has 0 atom stereocenters. The Bertz CT molecular complexity index is 1170. The molecule has 3 N–H and O–H groups in total. The first kappa shape index (κ1) is 22.4. The normalized spacial score (nSPS) is 15.9. The van der Waals surface area contributed by atoms with E-state index in [1.165, 1.54) is 0 Å². The number of anilines is 3. The maximum atomic E-state index is 12.3. The molecule has 0 radical (unpaired) electrons. The van der Waals surface area contributed by atoms with Gasteiger partial charge in [-0.15, -0.1) is 0 Å². The van der Waals surface area contributed by atoms with Crippen molar-refractivity contribution < 1.29 is 8.42 Å². The van der Waals surface area contributed by atoms with Gasteiger partial charge in [-0.3, -0.25) is 0 Å². The van der Waals surface area contributed by atoms with Crippen molar-refractivity contribution in [3.05, 3.63) is 48.7 Å². The molecule has 1 aliphatic heterocycles. The maximum Gasteiger partial charge on any atom is 0.240 e. The minimum absolute atomic E-state index is 0.164. The molecule has 0 aliphatic carbocycles. The molecule has 9 heteroatoms. The van der Waals surface area contributed by atoms with Crippen LogP contribution in [0, 0.1) is 0 Å². The average Bonchev–Trinajstić information content (AvgIpc) is 2.75. The Morgan fingerprint density at radius 3 is 2.41 bits per heavy atom. The number of hydrogen-bond acceptors (Lipinski definition) is 7. The number of fused-ring (bicyclic) bond motifs is 1. The average molecular weight is 455 g/mol. The molecular formula is C23H30N6O2S. The number of rotatable bonds is 7. The lowest BCUT2D eigenvalue weighted by Gasteiger charge is -2.30. The first-order valence-corrected chi connectivity index (χ1v) is 12.4. The topological polar surface area (TPSA) is 99.2 Å². The van der Waals surface area contributed by atoms with E-state index < -0.39 is 10.0 Å². The van der Waals surface area contributed by atoms with Crippen LogP contribution in [0.5, 0.6) is 0 Å². The van der Waals surface area contributed by atoms with E-state index in [2.05, 4.69) is 43.3 Å². The van der Waals surface area contributed by atoms with Crippen molar-refractivity contribution in [2.24, 2.45) is 0 Å². The summed E-state index contributed by atoms with van der Waals surface area (Å²) in [6.45, 7) is 5.79. The lowest BCUT2D eigenvalue weighted by Crippen LogP contribution is -2.36. The van der Waals surface area contributed by atoms with E-state index >= 15 is 0 Å². The van der Waals surface area contributed by atoms with Crippen molar-refractivity contribution in [1.29, 1.82) is 0 Å². The van der Waals surface area contributed by atoms with Gasteiger partial charge in [-0.2, -0.15) is 0 Å². The second-order valence-electron chi connectivity index (χ2n) is 8.61. The van der Waals surface area contributed by atoms with E-state index in [1.54, 1.807) is 44.3 Å². The highest BCUT2D eigenvalue weighted by atomic mass is 32.2. The SMILES string of the molecule is CC(C)NS(=O)(=O)c1ccc(Nc2ncc3ccc(NC4CCN(C)CC4)cc3n2)cc1. The van der Waals surface area contributed by atoms with Crippen molar-refractivity contribution in [3.63, 3.8) is 0 Å². The second-order valence-corrected chi connectivity index (χ2v) is 10.3. The fraction of sp³-hybridized carbons (Fsp3) is 0.391. The van der Waals surface area contributed by atoms with Gasteiger partial charge in [-0.25, -0.2) is 23.1 Å². The predicted molar refractivity (Wildman–Crippen MR) is 129 cm³/mol. The molecule has 8 nitrogen and oxygen atoms in total. The Morgan fingerprint density at radius 2 is 1.72 bits per heavy atom. The minimum atomic E-state index is -3.52. The molecule has 0 amide bonds. The van der Waals surface area contributed by atoms with Crippen molar-refractivity contribution >= 4 is 38.2 Å². The molecule has 1 aliphatic rings. The fourth-order valence-corrected chi connectivity index (χ4v) is 5.04. The lowest BCUT2D eigenvalue weighted by molar-refractivity contribution is 0.264. The van der Waals surface area contributed by atoms with Crippen LogP contribution >= 0.6 is 0 Å². The summed E-state index contributed by atoms with van der Waals surface area (Å²) in [6.07, 6.45) is 4.04. The van der Waals surface area contributed by atoms with Crippen LogP contribution in [0.25, 0.3) is 10.9 Å². The van der Waals surface area contributed by atoms with E-state index in [0.717, 1.165) is 42.5 Å². The number of piperidine rings is 1. The maximum absolute atomic E-state index is 12.3. The fourth-order valence-electron chi connectivity index (χ4n) is 3.79. The summed E-state index contributed by atoms with van der Waals surface area (Å²) in [7, 11) is -1.36. The summed E-state index contributed by atoms with van der Waals surface area (Å²) < 4.78 is 27.1. The van der Waals surface area contributed by atoms with Crippen molar-refractivity contribution in [1.82, 2.24) is 19.6 Å². The standard InChI is InChI=1S/C23H30N6O2S/c1-16(2)28-32(30,31)21-8-6-18(7-9-21)26-23-24-15-17-4-5-20(14-22(17)27-23)25-19-10-12-29(3)13-11-19/h4-9,14-16,19,25,28H,10-13H2,1-3H3,(H,24,26,27). The van der Waals surface area contributed by atoms with Gasteiger partial charge in [0.05, 0.1) is 10.4 Å². The summed E-state index contributed by atoms with van der Waals surface area (Å²) in [5.74, 6) is 0.463. The third kappa shape index (κ3) is 5.53. The van der Waals surface area contributed by atoms with Crippen LogP contribution in [0.2, 0.25) is 0 Å². The molecule has 0 spiro atoms. The number of sulfonamides is 1. The summed E-state index contributed by atoms with van der Waals surface area (Å²) in [5, 5.41) is 7.75. The van der Waals surface area contributed by atoms with E-state index in [9.17, 15) is 8.42 Å². The van der Waals surface area contributed by atoms with Crippen LogP contribution < -0.4 is 15.4 Å². The largest absolute Gasteiger partial charge is 0.382 e. The van der Waals surface area contributed by atoms with E-state index in [0.29, 0.717) is 17.7 Å². The van der Waals surface area contributed by atoms with Gasteiger partial charge in [0.1, 0.15) is 0 Å². The molecular weight excluding hydrogens is 424 g/mol. The molecule has 0 unspecified atom stereocenters. The molecule has 1 fully saturated rings. The second kappa shape index (κ2) is 9.40. The van der Waals surface area contributed by atoms with E-state index in [1.807, 2.05) is 12.1 Å². The quantitative estimate of drug-likeness (QED) is 0.502. The minimum Gasteiger partial charge on any atom is -0.382 e. The van der Waals surface area contributed by atoms with Crippen LogP contribution in [0.15, 0.2) is 53.6 Å². The zero-order valence-electron chi connectivity index (χ0n) is 18.7. The van der Waals surface area contributed by atoms with Crippen LogP contribution in [0.4, 0.5) is 17.3 Å². The number of nitrogens with zero attached hydrogens (tertiary/aromatic N) is 3. The smallest absolute Gasteiger partial charge is 0.240 e. The van der Waals surface area contributed by atoms with Crippen LogP contribution in [-0.4, -0.2) is 55.5 Å². The Hall–Kier alpha value is -2.75. The predicted octanol–water partition coefficient (Wildman–Crippen LogP) is 3.57. The van der Waals surface area contributed by atoms with E-state index in [4.69, 9.17) is 0 Å². The monoisotopic (exact) mass is 454 g/mol. The van der Waals surface area contributed by atoms with Gasteiger partial charge in [0, 0.05) is 35.0 Å². The zero-order valence-corrected chi connectivity index (χ0v) is 19.5. The zero-order chi connectivity index (χ0) is 22.7. The van der Waals surface area contributed by atoms with E-state index in [-0.39, 0.29) is 10.9 Å². The Labute approximate surface area is 189 Å². The lowest BCUT2D eigenvalue weighted by atomic mass is 10.1. The number of hydrogen-bond donors (Lipinski definition) is 3. The van der Waals surface area contributed by atoms with Crippen molar-refractivity contribution in [3.8, 4) is 0 Å². The van der Waals surface area contributed by atoms with Crippen LogP contribution in [0.1, 0.15) is 26.7 Å². The Balaban J connectivity index is 1.47. The van der Waals surface area contributed by atoms with Gasteiger partial charge in [0.25, 0.3) is 0 Å². The number of aromatic nitrogens is 2. The first-order chi connectivity index (χ1) is 15.3. The summed E-state index contributed by atoms with van der Waals surface area (Å²) in [6, 6.07) is 13.0. The van der Waals surface area contributed by atoms with Crippen LogP contribution in [0.3, 0.4) is 0 Å². The highest BCUT2D eigenvalue weighted by molar-refractivity contribution is 7.89. The van der Waals surface area contributed by atoms with Crippen molar-refractivity contribution in [2.45, 2.75) is 43.7 Å². The third-order valence-electron chi connectivity index (χ3n) is 5.48.